The van der Waals surface area contributed by atoms with Crippen molar-refractivity contribution in [3.8, 4) is 16.3 Å². The van der Waals surface area contributed by atoms with Crippen LogP contribution in [-0.4, -0.2) is 16.7 Å². The molecular weight excluding hydrogens is 270 g/mol. The van der Waals surface area contributed by atoms with Crippen molar-refractivity contribution >= 4 is 11.3 Å². The molecule has 4 heteroatoms. The van der Waals surface area contributed by atoms with Crippen molar-refractivity contribution in [2.24, 2.45) is 0 Å². The highest BCUT2D eigenvalue weighted by Gasteiger charge is 2.23. The quantitative estimate of drug-likeness (QED) is 0.900. The summed E-state index contributed by atoms with van der Waals surface area (Å²) in [5, 5.41) is 11.1. The Kier molecular flexibility index (Phi) is 4.45. The van der Waals surface area contributed by atoms with Crippen LogP contribution < -0.4 is 4.74 Å². The predicted octanol–water partition coefficient (Wildman–Crippen LogP) is 4.13. The van der Waals surface area contributed by atoms with Gasteiger partial charge >= 0.3 is 0 Å². The molecule has 0 aliphatic carbocycles. The van der Waals surface area contributed by atoms with Crippen LogP contribution in [-0.2, 0) is 5.60 Å². The Morgan fingerprint density at radius 2 is 1.90 bits per heavy atom. The number of hydrogen-bond acceptors (Lipinski definition) is 4. The summed E-state index contributed by atoms with van der Waals surface area (Å²) in [7, 11) is 0. The molecule has 0 saturated heterocycles. The van der Waals surface area contributed by atoms with Gasteiger partial charge in [0.1, 0.15) is 10.8 Å². The zero-order chi connectivity index (χ0) is 14.8. The number of thiazole rings is 1. The maximum atomic E-state index is 10.1. The Morgan fingerprint density at radius 3 is 2.40 bits per heavy atom. The molecule has 1 aromatic carbocycles. The number of nitrogens with zero attached hydrogens (tertiary/aromatic N) is 1. The third-order valence-electron chi connectivity index (χ3n) is 2.93. The minimum Gasteiger partial charge on any atom is -0.494 e. The summed E-state index contributed by atoms with van der Waals surface area (Å²) in [4.78, 5) is 5.47. The summed E-state index contributed by atoms with van der Waals surface area (Å²) in [5.41, 5.74) is 1.10. The molecule has 0 amide bonds. The molecule has 1 heterocycles. The molecule has 0 fully saturated rings. The Morgan fingerprint density at radius 1 is 1.25 bits per heavy atom. The van der Waals surface area contributed by atoms with Crippen molar-refractivity contribution in [2.45, 2.75) is 39.7 Å². The van der Waals surface area contributed by atoms with Crippen LogP contribution in [0.2, 0.25) is 0 Å². The van der Waals surface area contributed by atoms with Gasteiger partial charge in [0.05, 0.1) is 22.8 Å². The van der Waals surface area contributed by atoms with E-state index >= 15 is 0 Å². The van der Waals surface area contributed by atoms with Gasteiger partial charge in [-0.25, -0.2) is 4.98 Å². The van der Waals surface area contributed by atoms with Gasteiger partial charge in [-0.2, -0.15) is 0 Å². The lowest BCUT2D eigenvalue weighted by Gasteiger charge is -2.14. The first-order valence-electron chi connectivity index (χ1n) is 6.85. The van der Waals surface area contributed by atoms with E-state index < -0.39 is 5.60 Å². The maximum absolute atomic E-state index is 10.1. The first-order chi connectivity index (χ1) is 9.41. The first-order valence-corrected chi connectivity index (χ1v) is 7.67. The van der Waals surface area contributed by atoms with E-state index in [0.29, 0.717) is 0 Å². The number of aromatic nitrogens is 1. The molecule has 3 nitrogen and oxygen atoms in total. The Balaban J connectivity index is 2.24. The van der Waals surface area contributed by atoms with Gasteiger partial charge in [-0.15, -0.1) is 11.3 Å². The van der Waals surface area contributed by atoms with Gasteiger partial charge < -0.3 is 9.84 Å². The number of aliphatic hydroxyl groups is 1. The van der Waals surface area contributed by atoms with E-state index in [-0.39, 0.29) is 0 Å². The molecule has 0 spiro atoms. The van der Waals surface area contributed by atoms with Crippen LogP contribution in [0.1, 0.15) is 37.8 Å². The molecule has 0 saturated carbocycles. The Labute approximate surface area is 124 Å². The molecule has 108 valence electrons. The van der Waals surface area contributed by atoms with Crippen LogP contribution in [0, 0.1) is 6.92 Å². The average molecular weight is 291 g/mol. The summed E-state index contributed by atoms with van der Waals surface area (Å²) in [6.07, 6.45) is 1.00. The van der Waals surface area contributed by atoms with Crippen LogP contribution in [0.4, 0.5) is 0 Å². The lowest BCUT2D eigenvalue weighted by molar-refractivity contribution is 0.0817. The van der Waals surface area contributed by atoms with E-state index in [1.807, 2.05) is 31.2 Å². The molecule has 0 unspecified atom stereocenters. The van der Waals surface area contributed by atoms with Crippen molar-refractivity contribution < 1.29 is 9.84 Å². The van der Waals surface area contributed by atoms with Gasteiger partial charge in [0.25, 0.3) is 0 Å². The third-order valence-corrected chi connectivity index (χ3v) is 4.45. The predicted molar refractivity (Wildman–Crippen MR) is 83.3 cm³/mol. The standard InChI is InChI=1S/C16H21NO2S/c1-5-10-19-13-8-6-12(7-9-13)15-17-11(2)14(20-15)16(3,4)18/h6-9,18H,5,10H2,1-4H3. The van der Waals surface area contributed by atoms with Crippen molar-refractivity contribution in [1.29, 1.82) is 0 Å². The fourth-order valence-corrected chi connectivity index (χ4v) is 3.07. The summed E-state index contributed by atoms with van der Waals surface area (Å²) in [6.45, 7) is 8.34. The normalized spacial score (nSPS) is 11.7. The summed E-state index contributed by atoms with van der Waals surface area (Å²) in [6, 6.07) is 7.95. The smallest absolute Gasteiger partial charge is 0.123 e. The molecule has 0 aliphatic rings. The number of ether oxygens (including phenoxy) is 1. The lowest BCUT2D eigenvalue weighted by Crippen LogP contribution is -2.14. The zero-order valence-corrected chi connectivity index (χ0v) is 13.3. The molecule has 2 aromatic rings. The van der Waals surface area contributed by atoms with Crippen molar-refractivity contribution in [1.82, 2.24) is 4.98 Å². The molecule has 0 atom stereocenters. The van der Waals surface area contributed by atoms with Crippen LogP contribution in [0.3, 0.4) is 0 Å². The minimum atomic E-state index is -0.843. The number of benzene rings is 1. The summed E-state index contributed by atoms with van der Waals surface area (Å²) < 4.78 is 5.57. The SMILES string of the molecule is CCCOc1ccc(-c2nc(C)c(C(C)(C)O)s2)cc1. The van der Waals surface area contributed by atoms with Crippen molar-refractivity contribution in [3.05, 3.63) is 34.8 Å². The molecule has 1 N–H and O–H groups in total. The highest BCUT2D eigenvalue weighted by Crippen LogP contribution is 2.34. The highest BCUT2D eigenvalue weighted by atomic mass is 32.1. The maximum Gasteiger partial charge on any atom is 0.123 e. The van der Waals surface area contributed by atoms with Crippen LogP contribution in [0.25, 0.3) is 10.6 Å². The lowest BCUT2D eigenvalue weighted by atomic mass is 10.1. The second kappa shape index (κ2) is 5.94. The Hall–Kier alpha value is -1.39. The Bertz CT molecular complexity index is 567. The summed E-state index contributed by atoms with van der Waals surface area (Å²) in [5.74, 6) is 0.881. The van der Waals surface area contributed by atoms with Crippen LogP contribution in [0.5, 0.6) is 5.75 Å². The minimum absolute atomic E-state index is 0.735. The van der Waals surface area contributed by atoms with E-state index in [2.05, 4.69) is 11.9 Å². The van der Waals surface area contributed by atoms with Crippen LogP contribution >= 0.6 is 11.3 Å². The van der Waals surface area contributed by atoms with Crippen LogP contribution in [0.15, 0.2) is 24.3 Å². The summed E-state index contributed by atoms with van der Waals surface area (Å²) >= 11 is 1.54. The molecule has 0 aliphatic heterocycles. The number of aryl methyl sites for hydroxylation is 1. The number of hydrogen-bond donors (Lipinski definition) is 1. The molecule has 0 radical (unpaired) electrons. The monoisotopic (exact) mass is 291 g/mol. The molecular formula is C16H21NO2S. The van der Waals surface area contributed by atoms with E-state index in [1.165, 1.54) is 0 Å². The highest BCUT2D eigenvalue weighted by molar-refractivity contribution is 7.15. The topological polar surface area (TPSA) is 42.4 Å². The van der Waals surface area contributed by atoms with Gasteiger partial charge in [0, 0.05) is 5.56 Å². The molecule has 2 rings (SSSR count). The second-order valence-electron chi connectivity index (χ2n) is 5.37. The molecule has 20 heavy (non-hydrogen) atoms. The van der Waals surface area contributed by atoms with Gasteiger partial charge in [-0.3, -0.25) is 0 Å². The van der Waals surface area contributed by atoms with Gasteiger partial charge in [0.15, 0.2) is 0 Å². The van der Waals surface area contributed by atoms with Gasteiger partial charge in [-0.05, 0) is 51.5 Å². The van der Waals surface area contributed by atoms with Crippen molar-refractivity contribution in [2.75, 3.05) is 6.61 Å². The van der Waals surface area contributed by atoms with E-state index in [1.54, 1.807) is 25.2 Å². The fourth-order valence-electron chi connectivity index (χ4n) is 2.00. The molecule has 0 bridgehead atoms. The van der Waals surface area contributed by atoms with E-state index in [0.717, 1.165) is 39.9 Å². The largest absolute Gasteiger partial charge is 0.494 e. The number of rotatable bonds is 5. The fraction of sp³-hybridized carbons (Fsp3) is 0.438. The average Bonchev–Trinajstić information content (AvgIpc) is 2.79. The van der Waals surface area contributed by atoms with Crippen molar-refractivity contribution in [3.63, 3.8) is 0 Å². The zero-order valence-electron chi connectivity index (χ0n) is 12.4. The van der Waals surface area contributed by atoms with E-state index in [9.17, 15) is 5.11 Å². The molecule has 1 aromatic heterocycles. The third kappa shape index (κ3) is 3.38. The van der Waals surface area contributed by atoms with Gasteiger partial charge in [0.2, 0.25) is 0 Å². The van der Waals surface area contributed by atoms with Gasteiger partial charge in [-0.1, -0.05) is 6.92 Å². The second-order valence-corrected chi connectivity index (χ2v) is 6.36. The van der Waals surface area contributed by atoms with E-state index in [4.69, 9.17) is 4.74 Å². The first kappa shape index (κ1) is 15.0.